The predicted molar refractivity (Wildman–Crippen MR) is 341 cm³/mol. The normalized spacial score (nSPS) is 13.9. The van der Waals surface area contributed by atoms with E-state index in [1.165, 1.54) is 125 Å². The van der Waals surface area contributed by atoms with Crippen molar-refractivity contribution in [2.75, 3.05) is 0 Å². The van der Waals surface area contributed by atoms with Crippen molar-refractivity contribution in [3.05, 3.63) is 288 Å². The third kappa shape index (κ3) is 6.12. The molecule has 0 fully saturated rings. The molecule has 16 aromatic rings. The number of benzene rings is 12. The van der Waals surface area contributed by atoms with E-state index in [-0.39, 0.29) is 5.41 Å². The van der Waals surface area contributed by atoms with Gasteiger partial charge in [-0.3, -0.25) is 0 Å². The average Bonchev–Trinajstić information content (AvgIpc) is 3.39. The van der Waals surface area contributed by atoms with Crippen molar-refractivity contribution in [3.63, 3.8) is 0 Å². The predicted octanol–water partition coefficient (Wildman–Crippen LogP) is 19.9. The van der Waals surface area contributed by atoms with Crippen LogP contribution < -0.4 is 0 Å². The van der Waals surface area contributed by atoms with Gasteiger partial charge in [-0.15, -0.1) is 11.3 Å². The number of aromatic nitrogens is 4. The monoisotopic (exact) mass is 1060 g/mol. The Morgan fingerprint density at radius 1 is 0.329 bits per heavy atom. The number of para-hydroxylation sites is 2. The van der Waals surface area contributed by atoms with Gasteiger partial charge in [0.1, 0.15) is 0 Å². The first-order chi connectivity index (χ1) is 40.4. The van der Waals surface area contributed by atoms with Gasteiger partial charge in [-0.05, 0) is 125 Å². The lowest BCUT2D eigenvalue weighted by Gasteiger charge is -2.34. The second-order valence-corrected chi connectivity index (χ2v) is 24.0. The van der Waals surface area contributed by atoms with Crippen LogP contribution in [-0.4, -0.2) is 19.4 Å². The van der Waals surface area contributed by atoms with Crippen LogP contribution in [0.2, 0.25) is 0 Å². The fourth-order valence-corrected chi connectivity index (χ4v) is 16.1. The zero-order valence-corrected chi connectivity index (χ0v) is 45.8. The Morgan fingerprint density at radius 2 is 0.878 bits per heavy atom. The molecule has 0 atom stereocenters. The van der Waals surface area contributed by atoms with Crippen molar-refractivity contribution in [2.24, 2.45) is 0 Å². The van der Waals surface area contributed by atoms with Gasteiger partial charge in [0.15, 0.2) is 17.5 Å². The van der Waals surface area contributed by atoms with E-state index in [9.17, 15) is 0 Å². The Morgan fingerprint density at radius 3 is 1.62 bits per heavy atom. The SMILES string of the molecule is CC1(C)c2ccccc2-c2ccc(-c3nc(-c4ccc5c(c4)C(c4ccccc4)(c4ccccc4)c4ccccc4-5)nc(-c4cccc5cc(-c6cc7sc8cccc9c%10ccccc%10n%10c%11ccccc%11c6c%10c7c89)ccc45)n3)cc21. The molecule has 0 unspecified atom stereocenters. The number of nitrogens with zero attached hydrogens (tertiary/aromatic N) is 4. The van der Waals surface area contributed by atoms with Crippen LogP contribution in [0.4, 0.5) is 0 Å². The van der Waals surface area contributed by atoms with E-state index in [1.54, 1.807) is 0 Å². The summed E-state index contributed by atoms with van der Waals surface area (Å²) in [6.45, 7) is 4.66. The maximum atomic E-state index is 5.57. The maximum Gasteiger partial charge on any atom is 0.164 e. The summed E-state index contributed by atoms with van der Waals surface area (Å²) in [4.78, 5) is 16.6. The number of rotatable bonds is 6. The minimum atomic E-state index is -0.581. The second-order valence-electron chi connectivity index (χ2n) is 22.9. The second kappa shape index (κ2) is 16.7. The zero-order valence-electron chi connectivity index (χ0n) is 44.9. The number of thiophene rings is 1. The molecule has 0 aliphatic heterocycles. The molecule has 4 nitrogen and oxygen atoms in total. The minimum Gasteiger partial charge on any atom is -0.308 e. The Kier molecular flexibility index (Phi) is 9.34. The Hall–Kier alpha value is -10.1. The number of fused-ring (bicyclic) bond motifs is 13. The van der Waals surface area contributed by atoms with Gasteiger partial charge in [0.25, 0.3) is 0 Å². The summed E-state index contributed by atoms with van der Waals surface area (Å²) >= 11 is 1.90. The van der Waals surface area contributed by atoms with Crippen LogP contribution in [0, 0.1) is 0 Å². The molecule has 0 N–H and O–H groups in total. The van der Waals surface area contributed by atoms with Gasteiger partial charge in [0.2, 0.25) is 0 Å². The molecule has 12 aromatic carbocycles. The fraction of sp³-hybridized carbons (Fsp3) is 0.0519. The Labute approximate surface area is 477 Å². The summed E-state index contributed by atoms with van der Waals surface area (Å²) in [7, 11) is 0. The molecule has 0 saturated carbocycles. The molecule has 4 aromatic heterocycles. The van der Waals surface area contributed by atoms with E-state index in [2.05, 4.69) is 273 Å². The molecule has 0 spiro atoms. The van der Waals surface area contributed by atoms with Gasteiger partial charge in [-0.1, -0.05) is 226 Å². The van der Waals surface area contributed by atoms with Crippen LogP contribution in [0.5, 0.6) is 0 Å². The molecular formula is C77H48N4S. The number of hydrogen-bond donors (Lipinski definition) is 0. The smallest absolute Gasteiger partial charge is 0.164 e. The highest BCUT2D eigenvalue weighted by Crippen LogP contribution is 2.57. The summed E-state index contributed by atoms with van der Waals surface area (Å²) < 4.78 is 5.14. The minimum absolute atomic E-state index is 0.202. The summed E-state index contributed by atoms with van der Waals surface area (Å²) in [5.41, 5.74) is 20.7. The molecule has 5 heteroatoms. The van der Waals surface area contributed by atoms with Crippen LogP contribution in [0.25, 0.3) is 137 Å². The van der Waals surface area contributed by atoms with E-state index < -0.39 is 5.41 Å². The lowest BCUT2D eigenvalue weighted by Crippen LogP contribution is -2.28. The molecule has 82 heavy (non-hydrogen) atoms. The molecule has 382 valence electrons. The van der Waals surface area contributed by atoms with E-state index >= 15 is 0 Å². The van der Waals surface area contributed by atoms with Crippen molar-refractivity contribution in [1.82, 2.24) is 19.4 Å². The molecule has 0 saturated heterocycles. The zero-order chi connectivity index (χ0) is 54.0. The van der Waals surface area contributed by atoms with Crippen LogP contribution >= 0.6 is 11.3 Å². The van der Waals surface area contributed by atoms with Gasteiger partial charge in [-0.2, -0.15) is 0 Å². The first kappa shape index (κ1) is 45.8. The van der Waals surface area contributed by atoms with Crippen molar-refractivity contribution >= 4 is 80.4 Å². The molecule has 0 bridgehead atoms. The van der Waals surface area contributed by atoms with Gasteiger partial charge in [0, 0.05) is 58.4 Å². The molecule has 0 radical (unpaired) electrons. The molecular weight excluding hydrogens is 1010 g/mol. The highest BCUT2D eigenvalue weighted by Gasteiger charge is 2.46. The van der Waals surface area contributed by atoms with Crippen molar-refractivity contribution in [1.29, 1.82) is 0 Å². The summed E-state index contributed by atoms with van der Waals surface area (Å²) in [5.74, 6) is 1.90. The molecule has 18 rings (SSSR count). The summed E-state index contributed by atoms with van der Waals surface area (Å²) in [6, 6.07) is 94.2. The fourth-order valence-electron chi connectivity index (χ4n) is 14.9. The van der Waals surface area contributed by atoms with Gasteiger partial charge in [-0.25, -0.2) is 15.0 Å². The van der Waals surface area contributed by atoms with Gasteiger partial charge in [0.05, 0.1) is 22.0 Å². The largest absolute Gasteiger partial charge is 0.308 e. The van der Waals surface area contributed by atoms with Crippen LogP contribution in [0.1, 0.15) is 47.2 Å². The van der Waals surface area contributed by atoms with Crippen molar-refractivity contribution in [2.45, 2.75) is 24.7 Å². The number of hydrogen-bond acceptors (Lipinski definition) is 4. The van der Waals surface area contributed by atoms with Gasteiger partial charge >= 0.3 is 0 Å². The van der Waals surface area contributed by atoms with Crippen LogP contribution in [0.15, 0.2) is 255 Å². The third-order valence-electron chi connectivity index (χ3n) is 18.5. The maximum absolute atomic E-state index is 5.57. The Bertz CT molecular complexity index is 5340. The first-order valence-electron chi connectivity index (χ1n) is 28.3. The van der Waals surface area contributed by atoms with Crippen LogP contribution in [0.3, 0.4) is 0 Å². The molecule has 2 aliphatic carbocycles. The Balaban J connectivity index is 0.858. The van der Waals surface area contributed by atoms with E-state index in [0.717, 1.165) is 27.5 Å². The molecule has 0 amide bonds. The van der Waals surface area contributed by atoms with Crippen molar-refractivity contribution in [3.8, 4) is 67.5 Å². The summed E-state index contributed by atoms with van der Waals surface area (Å²) in [6.07, 6.45) is 0. The molecule has 2 aliphatic rings. The highest BCUT2D eigenvalue weighted by molar-refractivity contribution is 7.26. The van der Waals surface area contributed by atoms with Gasteiger partial charge < -0.3 is 4.40 Å². The average molecular weight is 1060 g/mol. The lowest BCUT2D eigenvalue weighted by atomic mass is 9.67. The third-order valence-corrected chi connectivity index (χ3v) is 19.6. The quantitative estimate of drug-likeness (QED) is 0.167. The van der Waals surface area contributed by atoms with Crippen LogP contribution in [-0.2, 0) is 10.8 Å². The first-order valence-corrected chi connectivity index (χ1v) is 29.1. The lowest BCUT2D eigenvalue weighted by molar-refractivity contribution is 0.660. The van der Waals surface area contributed by atoms with E-state index in [1.807, 2.05) is 11.3 Å². The topological polar surface area (TPSA) is 43.1 Å². The highest BCUT2D eigenvalue weighted by atomic mass is 32.1. The standard InChI is InChI=1S/C77H48N4S/c1-76(2)61-30-13-9-24-52(61)54-39-36-47(42-63(54)76)73-78-74(48-37-40-55-53-25-10-14-31-62(53)77(64(55)43-48,49-20-5-3-6-21-49)50-22-7-4-8-23-50)80-75(79-73)58-29-17-19-45-41-46(35-38-51(45)58)60-44-68-71-70-57(28-18-34-67(70)82-68)56-26-11-15-32-65(56)81-66-33-16-12-27-59(66)69(60)72(71)81/h3-44H,1-2H3. The van der Waals surface area contributed by atoms with E-state index in [0.29, 0.717) is 17.5 Å². The summed E-state index contributed by atoms with van der Waals surface area (Å²) in [5, 5.41) is 9.96. The molecule has 4 heterocycles. The van der Waals surface area contributed by atoms with E-state index in [4.69, 9.17) is 15.0 Å². The van der Waals surface area contributed by atoms with Crippen molar-refractivity contribution < 1.29 is 0 Å².